The molecule has 0 fully saturated rings. The topological polar surface area (TPSA) is 64.3 Å². The molecule has 3 N–H and O–H groups in total. The smallest absolute Gasteiger partial charge is 0.239 e. The molecule has 4 nitrogen and oxygen atoms in total. The van der Waals surface area contributed by atoms with Crippen LogP contribution in [0.15, 0.2) is 24.3 Å². The molecule has 0 spiro atoms. The summed E-state index contributed by atoms with van der Waals surface area (Å²) in [5, 5.41) is 3.12. The molecule has 1 amide bonds. The molecule has 4 heteroatoms. The molecule has 1 rings (SSSR count). The summed E-state index contributed by atoms with van der Waals surface area (Å²) < 4.78 is 5.05. The summed E-state index contributed by atoms with van der Waals surface area (Å²) >= 11 is 0. The van der Waals surface area contributed by atoms with Crippen LogP contribution in [0.2, 0.25) is 0 Å². The molecule has 1 atom stereocenters. The summed E-state index contributed by atoms with van der Waals surface area (Å²) in [6.45, 7) is 3.94. The van der Waals surface area contributed by atoms with E-state index in [2.05, 4.69) is 5.32 Å². The molecule has 0 aliphatic heterocycles. The van der Waals surface area contributed by atoms with Crippen LogP contribution in [-0.4, -0.2) is 19.1 Å². The number of primary amides is 1. The summed E-state index contributed by atoms with van der Waals surface area (Å²) in [4.78, 5) is 11.3. The predicted octanol–water partition coefficient (Wildman–Crippen LogP) is 1.22. The van der Waals surface area contributed by atoms with Crippen molar-refractivity contribution in [1.82, 2.24) is 5.32 Å². The quantitative estimate of drug-likeness (QED) is 0.787. The highest BCUT2D eigenvalue weighted by atomic mass is 16.5. The van der Waals surface area contributed by atoms with Gasteiger partial charge in [0.25, 0.3) is 0 Å². The Morgan fingerprint density at radius 1 is 1.31 bits per heavy atom. The van der Waals surface area contributed by atoms with Crippen LogP contribution in [-0.2, 0) is 4.79 Å². The number of rotatable bonds is 5. The number of carbonyl (C=O) groups is 1. The Kier molecular flexibility index (Phi) is 4.31. The lowest BCUT2D eigenvalue weighted by Crippen LogP contribution is -2.37. The first kappa shape index (κ1) is 12.5. The van der Waals surface area contributed by atoms with Gasteiger partial charge >= 0.3 is 0 Å². The standard InChI is InChI=1S/C12H18N2O2/c1-8(2)14-11(12(13)15)9-4-6-10(16-3)7-5-9/h4-8,11,14H,1-3H3,(H2,13,15). The third-order valence-electron chi connectivity index (χ3n) is 2.23. The first-order valence-electron chi connectivity index (χ1n) is 5.24. The Hall–Kier alpha value is -1.55. The van der Waals surface area contributed by atoms with Crippen LogP contribution in [0, 0.1) is 0 Å². The van der Waals surface area contributed by atoms with Gasteiger partial charge in [0.15, 0.2) is 0 Å². The second-order valence-electron chi connectivity index (χ2n) is 3.93. The van der Waals surface area contributed by atoms with Crippen molar-refractivity contribution in [3.63, 3.8) is 0 Å². The van der Waals surface area contributed by atoms with E-state index in [1.807, 2.05) is 38.1 Å². The molecule has 0 aliphatic rings. The normalized spacial score (nSPS) is 12.5. The van der Waals surface area contributed by atoms with Crippen molar-refractivity contribution in [1.29, 1.82) is 0 Å². The SMILES string of the molecule is COc1ccc(C(NC(C)C)C(N)=O)cc1. The van der Waals surface area contributed by atoms with E-state index in [1.54, 1.807) is 7.11 Å². The van der Waals surface area contributed by atoms with Gasteiger partial charge in [0.05, 0.1) is 7.11 Å². The zero-order valence-corrected chi connectivity index (χ0v) is 9.86. The van der Waals surface area contributed by atoms with Gasteiger partial charge in [-0.05, 0) is 31.5 Å². The van der Waals surface area contributed by atoms with E-state index in [0.717, 1.165) is 11.3 Å². The van der Waals surface area contributed by atoms with E-state index in [9.17, 15) is 4.79 Å². The van der Waals surface area contributed by atoms with Crippen LogP contribution >= 0.6 is 0 Å². The molecule has 88 valence electrons. The lowest BCUT2D eigenvalue weighted by atomic mass is 10.1. The summed E-state index contributed by atoms with van der Waals surface area (Å²) in [6.07, 6.45) is 0. The number of methoxy groups -OCH3 is 1. The summed E-state index contributed by atoms with van der Waals surface area (Å²) in [5.74, 6) is 0.385. The highest BCUT2D eigenvalue weighted by Gasteiger charge is 2.17. The fourth-order valence-electron chi connectivity index (χ4n) is 1.47. The van der Waals surface area contributed by atoms with Crippen LogP contribution < -0.4 is 15.8 Å². The fourth-order valence-corrected chi connectivity index (χ4v) is 1.47. The highest BCUT2D eigenvalue weighted by Crippen LogP contribution is 2.17. The molecule has 0 bridgehead atoms. The minimum Gasteiger partial charge on any atom is -0.497 e. The molecular formula is C12H18N2O2. The Bertz CT molecular complexity index is 347. The number of benzene rings is 1. The molecule has 0 radical (unpaired) electrons. The molecule has 1 unspecified atom stereocenters. The van der Waals surface area contributed by atoms with Gasteiger partial charge in [-0.15, -0.1) is 0 Å². The van der Waals surface area contributed by atoms with Gasteiger partial charge in [-0.2, -0.15) is 0 Å². The van der Waals surface area contributed by atoms with Crippen LogP contribution in [0.3, 0.4) is 0 Å². The number of carbonyl (C=O) groups excluding carboxylic acids is 1. The average Bonchev–Trinajstić information content (AvgIpc) is 2.25. The zero-order chi connectivity index (χ0) is 12.1. The van der Waals surface area contributed by atoms with Crippen molar-refractivity contribution >= 4 is 5.91 Å². The Balaban J connectivity index is 2.88. The van der Waals surface area contributed by atoms with Crippen molar-refractivity contribution in [2.24, 2.45) is 5.73 Å². The molecule has 0 aliphatic carbocycles. The average molecular weight is 222 g/mol. The Morgan fingerprint density at radius 2 is 1.88 bits per heavy atom. The van der Waals surface area contributed by atoms with Crippen LogP contribution in [0.4, 0.5) is 0 Å². The van der Waals surface area contributed by atoms with Crippen molar-refractivity contribution in [3.05, 3.63) is 29.8 Å². The van der Waals surface area contributed by atoms with E-state index in [4.69, 9.17) is 10.5 Å². The van der Waals surface area contributed by atoms with Crippen molar-refractivity contribution in [2.45, 2.75) is 25.9 Å². The van der Waals surface area contributed by atoms with Crippen molar-refractivity contribution in [2.75, 3.05) is 7.11 Å². The number of hydrogen-bond donors (Lipinski definition) is 2. The van der Waals surface area contributed by atoms with Crippen molar-refractivity contribution < 1.29 is 9.53 Å². The largest absolute Gasteiger partial charge is 0.497 e. The molecule has 0 aromatic heterocycles. The lowest BCUT2D eigenvalue weighted by molar-refractivity contribution is -0.120. The molecule has 1 aromatic rings. The van der Waals surface area contributed by atoms with Gasteiger partial charge in [0.1, 0.15) is 11.8 Å². The van der Waals surface area contributed by atoms with Crippen LogP contribution in [0.5, 0.6) is 5.75 Å². The van der Waals surface area contributed by atoms with Gasteiger partial charge in [-0.1, -0.05) is 12.1 Å². The van der Waals surface area contributed by atoms with Gasteiger partial charge in [-0.3, -0.25) is 10.1 Å². The summed E-state index contributed by atoms with van der Waals surface area (Å²) in [5.41, 5.74) is 6.20. The van der Waals surface area contributed by atoms with Gasteiger partial charge in [-0.25, -0.2) is 0 Å². The maximum atomic E-state index is 11.3. The highest BCUT2D eigenvalue weighted by molar-refractivity contribution is 5.81. The second kappa shape index (κ2) is 5.51. The van der Waals surface area contributed by atoms with Gasteiger partial charge < -0.3 is 10.5 Å². The number of nitrogens with one attached hydrogen (secondary N) is 1. The fraction of sp³-hybridized carbons (Fsp3) is 0.417. The molecule has 0 saturated heterocycles. The molecule has 16 heavy (non-hydrogen) atoms. The predicted molar refractivity (Wildman–Crippen MR) is 63.2 cm³/mol. The van der Waals surface area contributed by atoms with Crippen molar-refractivity contribution in [3.8, 4) is 5.75 Å². The summed E-state index contributed by atoms with van der Waals surface area (Å²) in [6, 6.07) is 7.04. The van der Waals surface area contributed by atoms with E-state index in [-0.39, 0.29) is 11.9 Å². The Labute approximate surface area is 95.8 Å². The third-order valence-corrected chi connectivity index (χ3v) is 2.23. The van der Waals surface area contributed by atoms with Crippen LogP contribution in [0.25, 0.3) is 0 Å². The monoisotopic (exact) mass is 222 g/mol. The zero-order valence-electron chi connectivity index (χ0n) is 9.86. The van der Waals surface area contributed by atoms with Crippen LogP contribution in [0.1, 0.15) is 25.5 Å². The molecule has 1 aromatic carbocycles. The number of nitrogens with two attached hydrogens (primary N) is 1. The number of hydrogen-bond acceptors (Lipinski definition) is 3. The minimum absolute atomic E-state index is 0.194. The second-order valence-corrected chi connectivity index (χ2v) is 3.93. The minimum atomic E-state index is -0.453. The van der Waals surface area contributed by atoms with E-state index in [0.29, 0.717) is 0 Å². The van der Waals surface area contributed by atoms with E-state index < -0.39 is 6.04 Å². The third kappa shape index (κ3) is 3.24. The number of ether oxygens (including phenoxy) is 1. The molecule has 0 saturated carbocycles. The maximum absolute atomic E-state index is 11.3. The van der Waals surface area contributed by atoms with E-state index >= 15 is 0 Å². The number of amides is 1. The maximum Gasteiger partial charge on any atom is 0.239 e. The Morgan fingerprint density at radius 3 is 2.25 bits per heavy atom. The lowest BCUT2D eigenvalue weighted by Gasteiger charge is -2.18. The van der Waals surface area contributed by atoms with Gasteiger partial charge in [0.2, 0.25) is 5.91 Å². The molecular weight excluding hydrogens is 204 g/mol. The van der Waals surface area contributed by atoms with Gasteiger partial charge in [0, 0.05) is 6.04 Å². The summed E-state index contributed by atoms with van der Waals surface area (Å²) in [7, 11) is 1.60. The first-order valence-corrected chi connectivity index (χ1v) is 5.24. The molecule has 0 heterocycles. The van der Waals surface area contributed by atoms with E-state index in [1.165, 1.54) is 0 Å². The first-order chi connectivity index (χ1) is 7.54.